The molecule has 2 aromatic rings. The van der Waals surface area contributed by atoms with Crippen molar-refractivity contribution >= 4 is 49.1 Å². The second-order valence-electron chi connectivity index (χ2n) is 6.01. The zero-order chi connectivity index (χ0) is 19.4. The average Bonchev–Trinajstić information content (AvgIpc) is 2.66. The first-order chi connectivity index (χ1) is 12.9. The van der Waals surface area contributed by atoms with Crippen LogP contribution in [0.3, 0.4) is 0 Å². The van der Waals surface area contributed by atoms with Gasteiger partial charge in [-0.2, -0.15) is 4.31 Å². The van der Waals surface area contributed by atoms with Gasteiger partial charge in [0.1, 0.15) is 0 Å². The van der Waals surface area contributed by atoms with E-state index in [1.807, 2.05) is 24.3 Å². The average molecular weight is 474 g/mol. The molecule has 1 aliphatic heterocycles. The number of rotatable bonds is 5. The third kappa shape index (κ3) is 5.08. The van der Waals surface area contributed by atoms with Crippen molar-refractivity contribution in [3.05, 3.63) is 57.5 Å². The van der Waals surface area contributed by atoms with Crippen LogP contribution in [0.5, 0.6) is 0 Å². The predicted molar refractivity (Wildman–Crippen MR) is 108 cm³/mol. The molecular weight excluding hydrogens is 456 g/mol. The first-order valence-electron chi connectivity index (χ1n) is 8.28. The maximum atomic E-state index is 12.8. The lowest BCUT2D eigenvalue weighted by molar-refractivity contribution is -0.115. The van der Waals surface area contributed by atoms with E-state index in [-0.39, 0.29) is 27.9 Å². The quantitative estimate of drug-likeness (QED) is 0.723. The Morgan fingerprint density at radius 1 is 1.15 bits per heavy atom. The van der Waals surface area contributed by atoms with E-state index >= 15 is 0 Å². The number of hydrogen-bond donors (Lipinski definition) is 1. The van der Waals surface area contributed by atoms with Crippen LogP contribution in [0.25, 0.3) is 0 Å². The molecule has 1 amide bonds. The molecular formula is C18H18BrClN2O4S. The molecule has 0 aliphatic carbocycles. The lowest BCUT2D eigenvalue weighted by atomic mass is 10.1. The van der Waals surface area contributed by atoms with E-state index in [9.17, 15) is 13.2 Å². The van der Waals surface area contributed by atoms with Gasteiger partial charge in [0.15, 0.2) is 0 Å². The first-order valence-corrected chi connectivity index (χ1v) is 10.9. The van der Waals surface area contributed by atoms with Crippen LogP contribution >= 0.6 is 27.5 Å². The molecule has 0 spiro atoms. The third-order valence-corrected chi connectivity index (χ3v) is 6.85. The molecule has 0 radical (unpaired) electrons. The molecule has 1 aliphatic rings. The maximum absolute atomic E-state index is 12.8. The van der Waals surface area contributed by atoms with Gasteiger partial charge in [-0.1, -0.05) is 39.7 Å². The van der Waals surface area contributed by atoms with Gasteiger partial charge in [-0.25, -0.2) is 8.42 Å². The van der Waals surface area contributed by atoms with Gasteiger partial charge in [-0.3, -0.25) is 4.79 Å². The Labute approximate surface area is 171 Å². The van der Waals surface area contributed by atoms with Crippen molar-refractivity contribution in [2.24, 2.45) is 0 Å². The van der Waals surface area contributed by atoms with E-state index < -0.39 is 10.0 Å². The molecule has 1 N–H and O–H groups in total. The SMILES string of the molecule is O=C(Cc1ccc(Br)cc1)Nc1cc(S(=O)(=O)N2CCOCC2)ccc1Cl. The summed E-state index contributed by atoms with van der Waals surface area (Å²) in [4.78, 5) is 12.4. The smallest absolute Gasteiger partial charge is 0.243 e. The van der Waals surface area contributed by atoms with E-state index in [4.69, 9.17) is 16.3 Å². The molecule has 0 saturated carbocycles. The summed E-state index contributed by atoms with van der Waals surface area (Å²) in [5.41, 5.74) is 1.11. The largest absolute Gasteiger partial charge is 0.379 e. The fourth-order valence-corrected chi connectivity index (χ4v) is 4.54. The van der Waals surface area contributed by atoms with Gasteiger partial charge in [0, 0.05) is 17.6 Å². The molecule has 2 aromatic carbocycles. The van der Waals surface area contributed by atoms with E-state index in [1.165, 1.54) is 22.5 Å². The van der Waals surface area contributed by atoms with Gasteiger partial charge in [-0.15, -0.1) is 0 Å². The monoisotopic (exact) mass is 472 g/mol. The van der Waals surface area contributed by atoms with Crippen molar-refractivity contribution in [2.45, 2.75) is 11.3 Å². The van der Waals surface area contributed by atoms with Crippen molar-refractivity contribution in [2.75, 3.05) is 31.6 Å². The van der Waals surface area contributed by atoms with E-state index in [0.29, 0.717) is 26.3 Å². The van der Waals surface area contributed by atoms with E-state index in [0.717, 1.165) is 10.0 Å². The summed E-state index contributed by atoms with van der Waals surface area (Å²) >= 11 is 9.50. The fraction of sp³-hybridized carbons (Fsp3) is 0.278. The molecule has 1 saturated heterocycles. The Morgan fingerprint density at radius 3 is 2.48 bits per heavy atom. The number of carbonyl (C=O) groups excluding carboxylic acids is 1. The van der Waals surface area contributed by atoms with E-state index in [2.05, 4.69) is 21.2 Å². The highest BCUT2D eigenvalue weighted by Crippen LogP contribution is 2.27. The molecule has 0 bridgehead atoms. The Bertz CT molecular complexity index is 929. The lowest BCUT2D eigenvalue weighted by Crippen LogP contribution is -2.40. The normalized spacial score (nSPS) is 15.5. The summed E-state index contributed by atoms with van der Waals surface area (Å²) in [6.07, 6.45) is 0.157. The molecule has 0 aromatic heterocycles. The van der Waals surface area contributed by atoms with Gasteiger partial charge in [0.2, 0.25) is 15.9 Å². The Hall–Kier alpha value is -1.45. The minimum Gasteiger partial charge on any atom is -0.379 e. The summed E-state index contributed by atoms with van der Waals surface area (Å²) in [6, 6.07) is 11.7. The zero-order valence-electron chi connectivity index (χ0n) is 14.3. The number of sulfonamides is 1. The number of nitrogens with zero attached hydrogens (tertiary/aromatic N) is 1. The van der Waals surface area contributed by atoms with Crippen LogP contribution < -0.4 is 5.32 Å². The Kier molecular flexibility index (Phi) is 6.54. The number of nitrogens with one attached hydrogen (secondary N) is 1. The Balaban J connectivity index is 1.76. The number of halogens is 2. The van der Waals surface area contributed by atoms with Crippen LogP contribution in [0.1, 0.15) is 5.56 Å². The van der Waals surface area contributed by atoms with Crippen LogP contribution in [0.15, 0.2) is 51.8 Å². The topological polar surface area (TPSA) is 75.7 Å². The number of benzene rings is 2. The molecule has 3 rings (SSSR count). The zero-order valence-corrected chi connectivity index (χ0v) is 17.5. The molecule has 1 heterocycles. The molecule has 0 unspecified atom stereocenters. The van der Waals surface area contributed by atoms with Crippen molar-refractivity contribution in [3.63, 3.8) is 0 Å². The highest BCUT2D eigenvalue weighted by Gasteiger charge is 2.27. The molecule has 1 fully saturated rings. The van der Waals surface area contributed by atoms with Crippen LogP contribution in [-0.4, -0.2) is 44.9 Å². The number of amides is 1. The lowest BCUT2D eigenvalue weighted by Gasteiger charge is -2.26. The number of anilines is 1. The van der Waals surface area contributed by atoms with E-state index in [1.54, 1.807) is 0 Å². The second-order valence-corrected chi connectivity index (χ2v) is 9.27. The maximum Gasteiger partial charge on any atom is 0.243 e. The van der Waals surface area contributed by atoms with Crippen LogP contribution in [0.4, 0.5) is 5.69 Å². The highest BCUT2D eigenvalue weighted by molar-refractivity contribution is 9.10. The molecule has 144 valence electrons. The molecule has 6 nitrogen and oxygen atoms in total. The summed E-state index contributed by atoms with van der Waals surface area (Å²) < 4.78 is 33.0. The fourth-order valence-electron chi connectivity index (χ4n) is 2.68. The summed E-state index contributed by atoms with van der Waals surface area (Å²) in [5.74, 6) is -0.278. The van der Waals surface area contributed by atoms with Crippen LogP contribution in [0.2, 0.25) is 5.02 Å². The van der Waals surface area contributed by atoms with Gasteiger partial charge in [-0.05, 0) is 35.9 Å². The van der Waals surface area contributed by atoms with Crippen molar-refractivity contribution in [1.29, 1.82) is 0 Å². The van der Waals surface area contributed by atoms with Crippen molar-refractivity contribution < 1.29 is 17.9 Å². The molecule has 9 heteroatoms. The number of morpholine rings is 1. The van der Waals surface area contributed by atoms with Gasteiger partial charge < -0.3 is 10.1 Å². The van der Waals surface area contributed by atoms with Gasteiger partial charge in [0.05, 0.1) is 35.2 Å². The highest BCUT2D eigenvalue weighted by atomic mass is 79.9. The summed E-state index contributed by atoms with van der Waals surface area (Å²) in [7, 11) is -3.66. The number of ether oxygens (including phenoxy) is 1. The first kappa shape index (κ1) is 20.3. The van der Waals surface area contributed by atoms with Crippen molar-refractivity contribution in [3.8, 4) is 0 Å². The molecule has 27 heavy (non-hydrogen) atoms. The summed E-state index contributed by atoms with van der Waals surface area (Å²) in [5, 5.41) is 2.98. The number of carbonyl (C=O) groups is 1. The Morgan fingerprint density at radius 2 is 1.81 bits per heavy atom. The summed E-state index contributed by atoms with van der Waals surface area (Å²) in [6.45, 7) is 1.33. The van der Waals surface area contributed by atoms with Crippen LogP contribution in [0, 0.1) is 0 Å². The number of hydrogen-bond acceptors (Lipinski definition) is 4. The standard InChI is InChI=1S/C18H18BrClN2O4S/c19-14-3-1-13(2-4-14)11-18(23)21-17-12-15(5-6-16(17)20)27(24,25)22-7-9-26-10-8-22/h1-6,12H,7-11H2,(H,21,23). The second kappa shape index (κ2) is 8.70. The van der Waals surface area contributed by atoms with Crippen LogP contribution in [-0.2, 0) is 26.0 Å². The van der Waals surface area contributed by atoms with Crippen molar-refractivity contribution in [1.82, 2.24) is 4.31 Å². The predicted octanol–water partition coefficient (Wildman–Crippen LogP) is 3.30. The minimum atomic E-state index is -3.66. The third-order valence-electron chi connectivity index (χ3n) is 4.10. The minimum absolute atomic E-state index is 0.0905. The molecule has 0 atom stereocenters. The van der Waals surface area contributed by atoms with Gasteiger partial charge >= 0.3 is 0 Å². The van der Waals surface area contributed by atoms with Gasteiger partial charge in [0.25, 0.3) is 0 Å².